The maximum absolute atomic E-state index is 12.3. The first-order valence-electron chi connectivity index (χ1n) is 9.55. The van der Waals surface area contributed by atoms with Crippen LogP contribution in [-0.2, 0) is 4.79 Å². The van der Waals surface area contributed by atoms with Gasteiger partial charge in [-0.3, -0.25) is 4.79 Å². The summed E-state index contributed by atoms with van der Waals surface area (Å²) in [5, 5.41) is 12.6. The number of hydrogen-bond donors (Lipinski definition) is 2. The van der Waals surface area contributed by atoms with E-state index in [9.17, 15) is 4.79 Å². The molecular formula is C21H21N5O4S. The van der Waals surface area contributed by atoms with E-state index >= 15 is 0 Å². The Morgan fingerprint density at radius 3 is 2.71 bits per heavy atom. The largest absolute Gasteiger partial charge is 0.494 e. The molecule has 0 bridgehead atoms. The summed E-state index contributed by atoms with van der Waals surface area (Å²) in [5.41, 5.74) is 2.78. The Bertz CT molecular complexity index is 1240. The zero-order chi connectivity index (χ0) is 21.8. The zero-order valence-electron chi connectivity index (χ0n) is 17.3. The van der Waals surface area contributed by atoms with Crippen LogP contribution in [0.1, 0.15) is 6.92 Å². The number of aromatic nitrogens is 4. The van der Waals surface area contributed by atoms with Crippen LogP contribution < -0.4 is 19.5 Å². The van der Waals surface area contributed by atoms with Crippen molar-refractivity contribution in [1.29, 1.82) is 0 Å². The number of fused-ring (bicyclic) bond motifs is 3. The number of H-pyrrole nitrogens is 1. The third-order valence-corrected chi connectivity index (χ3v) is 5.31. The minimum atomic E-state index is -0.195. The van der Waals surface area contributed by atoms with Gasteiger partial charge in [-0.1, -0.05) is 11.8 Å². The van der Waals surface area contributed by atoms with Crippen LogP contribution >= 0.6 is 11.8 Å². The second-order valence-electron chi connectivity index (χ2n) is 6.46. The molecule has 31 heavy (non-hydrogen) atoms. The number of aromatic amines is 1. The summed E-state index contributed by atoms with van der Waals surface area (Å²) < 4.78 is 16.0. The molecule has 10 heteroatoms. The predicted octanol–water partition coefficient (Wildman–Crippen LogP) is 3.65. The number of methoxy groups -OCH3 is 2. The summed E-state index contributed by atoms with van der Waals surface area (Å²) >= 11 is 1.20. The second kappa shape index (κ2) is 9.09. The Labute approximate surface area is 182 Å². The Morgan fingerprint density at radius 1 is 1.10 bits per heavy atom. The van der Waals surface area contributed by atoms with Crippen molar-refractivity contribution >= 4 is 45.4 Å². The third kappa shape index (κ3) is 4.48. The second-order valence-corrected chi connectivity index (χ2v) is 7.41. The van der Waals surface area contributed by atoms with E-state index in [0.717, 1.165) is 16.7 Å². The fraction of sp³-hybridized carbons (Fsp3) is 0.238. The highest BCUT2D eigenvalue weighted by molar-refractivity contribution is 7.99. The van der Waals surface area contributed by atoms with Crippen LogP contribution in [0.15, 0.2) is 41.6 Å². The molecule has 4 aromatic rings. The molecule has 0 unspecified atom stereocenters. The lowest BCUT2D eigenvalue weighted by Crippen LogP contribution is -2.14. The van der Waals surface area contributed by atoms with Crippen molar-refractivity contribution < 1.29 is 19.0 Å². The first-order valence-corrected chi connectivity index (χ1v) is 10.5. The van der Waals surface area contributed by atoms with Gasteiger partial charge in [-0.15, -0.1) is 10.2 Å². The smallest absolute Gasteiger partial charge is 0.234 e. The Balaban J connectivity index is 1.45. The summed E-state index contributed by atoms with van der Waals surface area (Å²) in [5.74, 6) is 1.84. The minimum absolute atomic E-state index is 0.135. The van der Waals surface area contributed by atoms with Crippen molar-refractivity contribution in [3.8, 4) is 17.2 Å². The maximum Gasteiger partial charge on any atom is 0.234 e. The molecular weight excluding hydrogens is 418 g/mol. The number of amides is 1. The van der Waals surface area contributed by atoms with Crippen LogP contribution in [0.2, 0.25) is 0 Å². The Kier molecular flexibility index (Phi) is 6.08. The highest BCUT2D eigenvalue weighted by Crippen LogP contribution is 2.30. The molecule has 0 radical (unpaired) electrons. The maximum atomic E-state index is 12.3. The summed E-state index contributed by atoms with van der Waals surface area (Å²) in [4.78, 5) is 20.1. The van der Waals surface area contributed by atoms with Crippen LogP contribution in [0, 0.1) is 0 Å². The molecule has 9 nitrogen and oxygen atoms in total. The van der Waals surface area contributed by atoms with E-state index in [1.807, 2.05) is 25.1 Å². The number of thioether (sulfide) groups is 1. The van der Waals surface area contributed by atoms with E-state index < -0.39 is 0 Å². The molecule has 2 aromatic heterocycles. The standard InChI is InChI=1S/C21H21N5O4S/c1-4-30-13-6-7-15-14(10-13)19-20(23-15)24-21(26-25-19)31-11-18(27)22-12-5-8-16(28-2)17(9-12)29-3/h5-10H,4,11H2,1-3H3,(H,22,27)(H,23,24,26). The zero-order valence-corrected chi connectivity index (χ0v) is 18.1. The van der Waals surface area contributed by atoms with Crippen molar-refractivity contribution in [2.45, 2.75) is 12.1 Å². The summed E-state index contributed by atoms with van der Waals surface area (Å²) in [6, 6.07) is 10.9. The Morgan fingerprint density at radius 2 is 1.94 bits per heavy atom. The van der Waals surface area contributed by atoms with Gasteiger partial charge < -0.3 is 24.5 Å². The van der Waals surface area contributed by atoms with E-state index in [-0.39, 0.29) is 11.7 Å². The van der Waals surface area contributed by atoms with Gasteiger partial charge in [0.15, 0.2) is 17.1 Å². The molecule has 4 rings (SSSR count). The van der Waals surface area contributed by atoms with E-state index in [2.05, 4.69) is 25.5 Å². The lowest BCUT2D eigenvalue weighted by Gasteiger charge is -2.10. The quantitative estimate of drug-likeness (QED) is 0.400. The molecule has 1 amide bonds. The fourth-order valence-corrected chi connectivity index (χ4v) is 3.68. The minimum Gasteiger partial charge on any atom is -0.494 e. The first kappa shape index (κ1) is 20.7. The normalized spacial score (nSPS) is 10.9. The molecule has 0 atom stereocenters. The van der Waals surface area contributed by atoms with Crippen molar-refractivity contribution in [2.24, 2.45) is 0 Å². The molecule has 0 aliphatic rings. The van der Waals surface area contributed by atoms with E-state index in [1.165, 1.54) is 11.8 Å². The highest BCUT2D eigenvalue weighted by Gasteiger charge is 2.13. The van der Waals surface area contributed by atoms with Gasteiger partial charge in [0.25, 0.3) is 0 Å². The first-order chi connectivity index (χ1) is 15.1. The van der Waals surface area contributed by atoms with Crippen molar-refractivity contribution in [3.05, 3.63) is 36.4 Å². The highest BCUT2D eigenvalue weighted by atomic mass is 32.2. The number of carbonyl (C=O) groups is 1. The average molecular weight is 439 g/mol. The van der Waals surface area contributed by atoms with E-state index in [1.54, 1.807) is 32.4 Å². The molecule has 2 N–H and O–H groups in total. The van der Waals surface area contributed by atoms with Gasteiger partial charge in [0.1, 0.15) is 11.3 Å². The topological polar surface area (TPSA) is 111 Å². The molecule has 0 saturated carbocycles. The van der Waals surface area contributed by atoms with Gasteiger partial charge in [0.2, 0.25) is 11.1 Å². The van der Waals surface area contributed by atoms with Crippen molar-refractivity contribution in [2.75, 3.05) is 31.9 Å². The van der Waals surface area contributed by atoms with Gasteiger partial charge in [-0.05, 0) is 37.3 Å². The van der Waals surface area contributed by atoms with Crippen LogP contribution in [0.3, 0.4) is 0 Å². The molecule has 2 aromatic carbocycles. The number of benzene rings is 2. The van der Waals surface area contributed by atoms with Gasteiger partial charge in [0, 0.05) is 22.7 Å². The molecule has 0 aliphatic carbocycles. The summed E-state index contributed by atoms with van der Waals surface area (Å²) in [6.07, 6.45) is 0. The molecule has 0 aliphatic heterocycles. The summed E-state index contributed by atoms with van der Waals surface area (Å²) in [6.45, 7) is 2.52. The lowest BCUT2D eigenvalue weighted by molar-refractivity contribution is -0.113. The van der Waals surface area contributed by atoms with Gasteiger partial charge in [-0.2, -0.15) is 0 Å². The molecule has 2 heterocycles. The molecule has 0 spiro atoms. The number of nitrogens with zero attached hydrogens (tertiary/aromatic N) is 3. The van der Waals surface area contributed by atoms with Crippen molar-refractivity contribution in [1.82, 2.24) is 20.2 Å². The molecule has 160 valence electrons. The monoisotopic (exact) mass is 439 g/mol. The van der Waals surface area contributed by atoms with Gasteiger partial charge >= 0.3 is 0 Å². The summed E-state index contributed by atoms with van der Waals surface area (Å²) in [7, 11) is 3.10. The number of ether oxygens (including phenoxy) is 3. The number of anilines is 1. The fourth-order valence-electron chi connectivity index (χ4n) is 3.09. The average Bonchev–Trinajstić information content (AvgIpc) is 3.15. The number of hydrogen-bond acceptors (Lipinski definition) is 8. The van der Waals surface area contributed by atoms with E-state index in [4.69, 9.17) is 14.2 Å². The Hall–Kier alpha value is -3.53. The predicted molar refractivity (Wildman–Crippen MR) is 119 cm³/mol. The van der Waals surface area contributed by atoms with Gasteiger partial charge in [-0.25, -0.2) is 4.98 Å². The number of rotatable bonds is 8. The number of carbonyl (C=O) groups excluding carboxylic acids is 1. The number of nitrogens with one attached hydrogen (secondary N) is 2. The van der Waals surface area contributed by atoms with Crippen molar-refractivity contribution in [3.63, 3.8) is 0 Å². The van der Waals surface area contributed by atoms with Gasteiger partial charge in [0.05, 0.1) is 26.6 Å². The third-order valence-electron chi connectivity index (χ3n) is 4.48. The SMILES string of the molecule is CCOc1ccc2[nH]c3nc(SCC(=O)Nc4ccc(OC)c(OC)c4)nnc3c2c1. The lowest BCUT2D eigenvalue weighted by atomic mass is 10.2. The molecule has 0 fully saturated rings. The van der Waals surface area contributed by atoms with E-state index in [0.29, 0.717) is 40.1 Å². The van der Waals surface area contributed by atoms with Crippen LogP contribution in [0.4, 0.5) is 5.69 Å². The van der Waals surface area contributed by atoms with Crippen LogP contribution in [0.25, 0.3) is 22.1 Å². The van der Waals surface area contributed by atoms with Crippen LogP contribution in [-0.4, -0.2) is 52.7 Å². The molecule has 0 saturated heterocycles. The van der Waals surface area contributed by atoms with Crippen LogP contribution in [0.5, 0.6) is 17.2 Å².